The topological polar surface area (TPSA) is 124 Å². The number of rotatable bonds is 17. The van der Waals surface area contributed by atoms with Crippen LogP contribution in [0.2, 0.25) is 0 Å². The van der Waals surface area contributed by atoms with Gasteiger partial charge in [-0.25, -0.2) is 4.79 Å². The maximum Gasteiger partial charge on any atom is 0.331 e. The standard InChI is InChI=1S/C19H37NO6S/c1-2-3-4-5-6-7-8-9-10-11-12-13-14-15-18(21)26-19(22)17(20)16-27(23,24)25/h17H,2-16,20H2,1H3,(H,23,24,25)/t17-/m1/s1. The first-order valence-corrected chi connectivity index (χ1v) is 11.8. The summed E-state index contributed by atoms with van der Waals surface area (Å²) >= 11 is 0. The van der Waals surface area contributed by atoms with Crippen LogP contribution in [0.25, 0.3) is 0 Å². The van der Waals surface area contributed by atoms with Crippen LogP contribution in [0.3, 0.4) is 0 Å². The Morgan fingerprint density at radius 1 is 0.852 bits per heavy atom. The molecule has 0 aromatic rings. The van der Waals surface area contributed by atoms with Crippen LogP contribution in [-0.4, -0.2) is 36.7 Å². The molecule has 0 aromatic carbocycles. The number of carbonyl (C=O) groups excluding carboxylic acids is 2. The van der Waals surface area contributed by atoms with Gasteiger partial charge >= 0.3 is 11.9 Å². The Morgan fingerprint density at radius 2 is 1.26 bits per heavy atom. The summed E-state index contributed by atoms with van der Waals surface area (Å²) in [6.07, 6.45) is 15.6. The van der Waals surface area contributed by atoms with Gasteiger partial charge in [0.25, 0.3) is 10.1 Å². The molecule has 7 nitrogen and oxygen atoms in total. The predicted octanol–water partition coefficient (Wildman–Crippen LogP) is 3.75. The van der Waals surface area contributed by atoms with Gasteiger partial charge in [-0.15, -0.1) is 0 Å². The van der Waals surface area contributed by atoms with Crippen molar-refractivity contribution >= 4 is 22.1 Å². The van der Waals surface area contributed by atoms with Gasteiger partial charge < -0.3 is 10.5 Å². The van der Waals surface area contributed by atoms with Crippen LogP contribution in [0.4, 0.5) is 0 Å². The molecule has 0 fully saturated rings. The molecule has 0 unspecified atom stereocenters. The summed E-state index contributed by atoms with van der Waals surface area (Å²) in [6, 6.07) is -1.56. The fourth-order valence-electron chi connectivity index (χ4n) is 2.82. The van der Waals surface area contributed by atoms with Crippen molar-refractivity contribution in [2.24, 2.45) is 5.73 Å². The molecule has 0 spiro atoms. The molecule has 0 rings (SSSR count). The van der Waals surface area contributed by atoms with E-state index in [1.807, 2.05) is 0 Å². The highest BCUT2D eigenvalue weighted by atomic mass is 32.2. The zero-order chi connectivity index (χ0) is 20.5. The zero-order valence-electron chi connectivity index (χ0n) is 16.7. The summed E-state index contributed by atoms with van der Waals surface area (Å²) < 4.78 is 34.3. The highest BCUT2D eigenvalue weighted by Crippen LogP contribution is 2.13. The molecule has 27 heavy (non-hydrogen) atoms. The van der Waals surface area contributed by atoms with E-state index in [9.17, 15) is 18.0 Å². The van der Waals surface area contributed by atoms with Crippen molar-refractivity contribution in [3.05, 3.63) is 0 Å². The number of hydrogen-bond acceptors (Lipinski definition) is 6. The summed E-state index contributed by atoms with van der Waals surface area (Å²) in [5, 5.41) is 0. The maximum absolute atomic E-state index is 11.5. The molecule has 3 N–H and O–H groups in total. The predicted molar refractivity (Wildman–Crippen MR) is 106 cm³/mol. The fraction of sp³-hybridized carbons (Fsp3) is 0.895. The lowest BCUT2D eigenvalue weighted by Gasteiger charge is -2.08. The molecular formula is C19H37NO6S. The minimum Gasteiger partial charge on any atom is -0.392 e. The number of esters is 2. The molecule has 160 valence electrons. The number of unbranched alkanes of at least 4 members (excludes halogenated alkanes) is 12. The van der Waals surface area contributed by atoms with Crippen molar-refractivity contribution in [2.75, 3.05) is 5.75 Å². The first-order valence-electron chi connectivity index (χ1n) is 10.2. The Kier molecular flexibility index (Phi) is 15.4. The first kappa shape index (κ1) is 26.0. The zero-order valence-corrected chi connectivity index (χ0v) is 17.5. The Balaban J connectivity index is 3.49. The number of ether oxygens (including phenoxy) is 1. The second kappa shape index (κ2) is 16.0. The summed E-state index contributed by atoms with van der Waals surface area (Å²) in [7, 11) is -4.38. The van der Waals surface area contributed by atoms with E-state index in [2.05, 4.69) is 11.7 Å². The van der Waals surface area contributed by atoms with E-state index in [0.717, 1.165) is 19.3 Å². The van der Waals surface area contributed by atoms with Crippen molar-refractivity contribution < 1.29 is 27.3 Å². The van der Waals surface area contributed by atoms with Gasteiger partial charge in [0.2, 0.25) is 0 Å². The van der Waals surface area contributed by atoms with Gasteiger partial charge in [0.15, 0.2) is 0 Å². The third kappa shape index (κ3) is 18.2. The third-order valence-electron chi connectivity index (χ3n) is 4.39. The molecule has 0 heterocycles. The number of hydrogen-bond donors (Lipinski definition) is 2. The number of nitrogens with two attached hydrogens (primary N) is 1. The van der Waals surface area contributed by atoms with Gasteiger partial charge in [-0.05, 0) is 6.42 Å². The van der Waals surface area contributed by atoms with E-state index < -0.39 is 33.9 Å². The summed E-state index contributed by atoms with van der Waals surface area (Å²) in [4.78, 5) is 22.9. The molecule has 0 saturated heterocycles. The van der Waals surface area contributed by atoms with E-state index in [4.69, 9.17) is 10.3 Å². The largest absolute Gasteiger partial charge is 0.392 e. The van der Waals surface area contributed by atoms with Crippen LogP contribution in [-0.2, 0) is 24.4 Å². The minimum atomic E-state index is -4.38. The Bertz CT molecular complexity index is 506. The molecule has 0 bridgehead atoms. The summed E-state index contributed by atoms with van der Waals surface area (Å²) in [5.41, 5.74) is 5.26. The quantitative estimate of drug-likeness (QED) is 0.163. The normalized spacial score (nSPS) is 12.7. The fourth-order valence-corrected chi connectivity index (χ4v) is 3.41. The van der Waals surface area contributed by atoms with Crippen molar-refractivity contribution in [3.8, 4) is 0 Å². The van der Waals surface area contributed by atoms with E-state index in [0.29, 0.717) is 6.42 Å². The van der Waals surface area contributed by atoms with Crippen LogP contribution in [0, 0.1) is 0 Å². The van der Waals surface area contributed by atoms with E-state index in [1.165, 1.54) is 57.8 Å². The average molecular weight is 408 g/mol. The van der Waals surface area contributed by atoms with Gasteiger partial charge in [0.1, 0.15) is 11.8 Å². The molecule has 0 amide bonds. The van der Waals surface area contributed by atoms with Crippen molar-refractivity contribution in [2.45, 2.75) is 103 Å². The van der Waals surface area contributed by atoms with Crippen LogP contribution in [0.1, 0.15) is 96.8 Å². The molecular weight excluding hydrogens is 370 g/mol. The summed E-state index contributed by atoms with van der Waals surface area (Å²) in [6.45, 7) is 2.23. The molecule has 0 aliphatic rings. The van der Waals surface area contributed by atoms with Crippen LogP contribution in [0.5, 0.6) is 0 Å². The van der Waals surface area contributed by atoms with Crippen LogP contribution >= 0.6 is 0 Å². The van der Waals surface area contributed by atoms with E-state index in [-0.39, 0.29) is 6.42 Å². The molecule has 0 saturated carbocycles. The van der Waals surface area contributed by atoms with Gasteiger partial charge in [0.05, 0.1) is 0 Å². The number of carbonyl (C=O) groups is 2. The molecule has 1 atom stereocenters. The molecule has 0 aliphatic heterocycles. The first-order chi connectivity index (χ1) is 12.8. The smallest absolute Gasteiger partial charge is 0.331 e. The highest BCUT2D eigenvalue weighted by Gasteiger charge is 2.23. The molecule has 0 aliphatic carbocycles. The Labute approximate surface area is 164 Å². The molecule has 8 heteroatoms. The van der Waals surface area contributed by atoms with Crippen molar-refractivity contribution in [3.63, 3.8) is 0 Å². The summed E-state index contributed by atoms with van der Waals surface area (Å²) in [5.74, 6) is -2.81. The second-order valence-corrected chi connectivity index (χ2v) is 8.64. The molecule has 0 aromatic heterocycles. The van der Waals surface area contributed by atoms with Crippen LogP contribution < -0.4 is 5.73 Å². The van der Waals surface area contributed by atoms with Crippen molar-refractivity contribution in [1.82, 2.24) is 0 Å². The lowest BCUT2D eigenvalue weighted by atomic mass is 10.0. The van der Waals surface area contributed by atoms with Crippen molar-refractivity contribution in [1.29, 1.82) is 0 Å². The van der Waals surface area contributed by atoms with Crippen LogP contribution in [0.15, 0.2) is 0 Å². The third-order valence-corrected chi connectivity index (χ3v) is 5.17. The lowest BCUT2D eigenvalue weighted by molar-refractivity contribution is -0.160. The van der Waals surface area contributed by atoms with E-state index >= 15 is 0 Å². The maximum atomic E-state index is 11.5. The average Bonchev–Trinajstić information content (AvgIpc) is 2.57. The highest BCUT2D eigenvalue weighted by molar-refractivity contribution is 7.85. The second-order valence-electron chi connectivity index (χ2n) is 7.14. The Hall–Kier alpha value is -0.990. The molecule has 0 radical (unpaired) electrons. The van der Waals surface area contributed by atoms with Gasteiger partial charge in [-0.3, -0.25) is 9.35 Å². The van der Waals surface area contributed by atoms with E-state index in [1.54, 1.807) is 0 Å². The minimum absolute atomic E-state index is 0.0993. The SMILES string of the molecule is CCCCCCCCCCCCCCCC(=O)OC(=O)[C@H](N)CS(=O)(=O)O. The van der Waals surface area contributed by atoms with Gasteiger partial charge in [-0.2, -0.15) is 8.42 Å². The van der Waals surface area contributed by atoms with Gasteiger partial charge in [-0.1, -0.05) is 84.0 Å². The lowest BCUT2D eigenvalue weighted by Crippen LogP contribution is -2.39. The monoisotopic (exact) mass is 407 g/mol. The Morgan fingerprint density at radius 3 is 1.67 bits per heavy atom. The van der Waals surface area contributed by atoms with Gasteiger partial charge in [0, 0.05) is 6.42 Å².